The van der Waals surface area contributed by atoms with Crippen LogP contribution >= 0.6 is 0 Å². The Hall–Kier alpha value is -1.51. The minimum Gasteiger partial charge on any atom is -0.392 e. The van der Waals surface area contributed by atoms with Crippen molar-refractivity contribution in [2.45, 2.75) is 32.4 Å². The third-order valence-corrected chi connectivity index (χ3v) is 2.57. The van der Waals surface area contributed by atoms with E-state index in [9.17, 15) is 13.9 Å². The van der Waals surface area contributed by atoms with Crippen LogP contribution in [0.1, 0.15) is 30.9 Å². The molecule has 1 aromatic rings. The fraction of sp³-hybridized carbons (Fsp3) is 0.462. The van der Waals surface area contributed by atoms with E-state index >= 15 is 0 Å². The summed E-state index contributed by atoms with van der Waals surface area (Å²) in [7, 11) is 0. The highest BCUT2D eigenvalue weighted by Gasteiger charge is 2.11. The molecule has 3 nitrogen and oxygen atoms in total. The zero-order chi connectivity index (χ0) is 13.5. The summed E-state index contributed by atoms with van der Waals surface area (Å²) in [5.41, 5.74) is -0.155. The lowest BCUT2D eigenvalue weighted by Gasteiger charge is -2.11. The smallest absolute Gasteiger partial charge is 0.131 e. The van der Waals surface area contributed by atoms with Crippen molar-refractivity contribution >= 4 is 0 Å². The van der Waals surface area contributed by atoms with Gasteiger partial charge in [-0.1, -0.05) is 13.3 Å². The topological polar surface area (TPSA) is 56.0 Å². The maximum absolute atomic E-state index is 13.5. The third kappa shape index (κ3) is 4.06. The molecule has 1 unspecified atom stereocenters. The maximum Gasteiger partial charge on any atom is 0.131 e. The minimum atomic E-state index is -0.746. The van der Waals surface area contributed by atoms with Crippen molar-refractivity contribution in [3.63, 3.8) is 0 Å². The highest BCUT2D eigenvalue weighted by Crippen LogP contribution is 2.14. The van der Waals surface area contributed by atoms with Crippen molar-refractivity contribution in [1.29, 1.82) is 5.26 Å². The summed E-state index contributed by atoms with van der Waals surface area (Å²) in [5.74, 6) is -1.49. The van der Waals surface area contributed by atoms with Crippen molar-refractivity contribution in [1.82, 2.24) is 5.32 Å². The number of rotatable bonds is 6. The van der Waals surface area contributed by atoms with Crippen LogP contribution in [-0.2, 0) is 6.54 Å². The second-order valence-electron chi connectivity index (χ2n) is 4.10. The van der Waals surface area contributed by atoms with Gasteiger partial charge in [-0.05, 0) is 18.6 Å². The van der Waals surface area contributed by atoms with Gasteiger partial charge in [0.25, 0.3) is 0 Å². The minimum absolute atomic E-state index is 0.00977. The SMILES string of the molecule is CCCC(O)CNCc1c(F)cc(C#N)cc1F. The van der Waals surface area contributed by atoms with Crippen LogP contribution < -0.4 is 5.32 Å². The summed E-state index contributed by atoms with van der Waals surface area (Å²) >= 11 is 0. The molecule has 0 saturated heterocycles. The van der Waals surface area contributed by atoms with Crippen LogP contribution in [0.5, 0.6) is 0 Å². The Morgan fingerprint density at radius 1 is 1.39 bits per heavy atom. The number of aliphatic hydroxyl groups excluding tert-OH is 1. The molecule has 1 aromatic carbocycles. The van der Waals surface area contributed by atoms with E-state index in [0.717, 1.165) is 18.6 Å². The molecule has 0 fully saturated rings. The molecule has 0 radical (unpaired) electrons. The Balaban J connectivity index is 2.60. The molecule has 0 saturated carbocycles. The first-order chi connectivity index (χ1) is 8.58. The predicted molar refractivity (Wildman–Crippen MR) is 63.7 cm³/mol. The van der Waals surface area contributed by atoms with Crippen LogP contribution in [0.15, 0.2) is 12.1 Å². The summed E-state index contributed by atoms with van der Waals surface area (Å²) < 4.78 is 27.0. The fourth-order valence-electron chi connectivity index (χ4n) is 1.64. The number of halogens is 2. The fourth-order valence-corrected chi connectivity index (χ4v) is 1.64. The van der Waals surface area contributed by atoms with Crippen LogP contribution in [0, 0.1) is 23.0 Å². The van der Waals surface area contributed by atoms with Gasteiger partial charge in [0.05, 0.1) is 17.7 Å². The molecule has 0 aliphatic carbocycles. The molecule has 5 heteroatoms. The number of nitrogens with one attached hydrogen (secondary N) is 1. The molecule has 1 rings (SSSR count). The van der Waals surface area contributed by atoms with Gasteiger partial charge >= 0.3 is 0 Å². The molecule has 98 valence electrons. The second-order valence-corrected chi connectivity index (χ2v) is 4.10. The first kappa shape index (κ1) is 14.6. The average molecular weight is 254 g/mol. The van der Waals surface area contributed by atoms with Gasteiger partial charge in [-0.2, -0.15) is 5.26 Å². The van der Waals surface area contributed by atoms with E-state index < -0.39 is 17.7 Å². The van der Waals surface area contributed by atoms with Gasteiger partial charge in [0.15, 0.2) is 0 Å². The Labute approximate surface area is 105 Å². The second kappa shape index (κ2) is 7.04. The van der Waals surface area contributed by atoms with E-state index in [2.05, 4.69) is 5.32 Å². The zero-order valence-electron chi connectivity index (χ0n) is 10.2. The molecular formula is C13H16F2N2O. The molecule has 0 aliphatic rings. The Morgan fingerprint density at radius 2 is 2.00 bits per heavy atom. The van der Waals surface area contributed by atoms with Gasteiger partial charge in [-0.3, -0.25) is 0 Å². The van der Waals surface area contributed by atoms with Gasteiger partial charge in [0, 0.05) is 18.7 Å². The first-order valence-corrected chi connectivity index (χ1v) is 5.85. The van der Waals surface area contributed by atoms with E-state index in [4.69, 9.17) is 5.26 Å². The van der Waals surface area contributed by atoms with E-state index in [1.165, 1.54) is 0 Å². The number of benzene rings is 1. The van der Waals surface area contributed by atoms with E-state index in [1.54, 1.807) is 6.07 Å². The number of nitriles is 1. The summed E-state index contributed by atoms with van der Waals surface area (Å²) in [5, 5.41) is 20.8. The number of aliphatic hydroxyl groups is 1. The largest absolute Gasteiger partial charge is 0.392 e. The van der Waals surface area contributed by atoms with Crippen LogP contribution in [0.4, 0.5) is 8.78 Å². The normalized spacial score (nSPS) is 12.2. The summed E-state index contributed by atoms with van der Waals surface area (Å²) in [6.45, 7) is 2.22. The Bertz CT molecular complexity index is 420. The molecule has 0 aromatic heterocycles. The average Bonchev–Trinajstić information content (AvgIpc) is 2.32. The van der Waals surface area contributed by atoms with Crippen molar-refractivity contribution in [3.05, 3.63) is 34.9 Å². The van der Waals surface area contributed by atoms with Crippen molar-refractivity contribution < 1.29 is 13.9 Å². The molecule has 18 heavy (non-hydrogen) atoms. The number of hydrogen-bond acceptors (Lipinski definition) is 3. The third-order valence-electron chi connectivity index (χ3n) is 2.57. The van der Waals surface area contributed by atoms with Crippen LogP contribution in [0.2, 0.25) is 0 Å². The molecule has 0 bridgehead atoms. The summed E-state index contributed by atoms with van der Waals surface area (Å²) in [6, 6.07) is 3.69. The highest BCUT2D eigenvalue weighted by molar-refractivity contribution is 5.34. The van der Waals surface area contributed by atoms with Crippen molar-refractivity contribution in [2.24, 2.45) is 0 Å². The first-order valence-electron chi connectivity index (χ1n) is 5.85. The van der Waals surface area contributed by atoms with Gasteiger partial charge in [0.1, 0.15) is 11.6 Å². The number of nitrogens with zero attached hydrogens (tertiary/aromatic N) is 1. The van der Waals surface area contributed by atoms with Crippen molar-refractivity contribution in [2.75, 3.05) is 6.54 Å². The maximum atomic E-state index is 13.5. The molecular weight excluding hydrogens is 238 g/mol. The Kier molecular flexibility index (Phi) is 5.69. The van der Waals surface area contributed by atoms with E-state index in [1.807, 2.05) is 6.92 Å². The van der Waals surface area contributed by atoms with E-state index in [-0.39, 0.29) is 24.2 Å². The summed E-state index contributed by atoms with van der Waals surface area (Å²) in [6.07, 6.45) is 0.979. The lowest BCUT2D eigenvalue weighted by molar-refractivity contribution is 0.160. The van der Waals surface area contributed by atoms with Gasteiger partial charge in [-0.25, -0.2) is 8.78 Å². The molecule has 1 atom stereocenters. The van der Waals surface area contributed by atoms with Crippen molar-refractivity contribution in [3.8, 4) is 6.07 Å². The van der Waals surface area contributed by atoms with E-state index in [0.29, 0.717) is 6.42 Å². The van der Waals surface area contributed by atoms with Crippen LogP contribution in [-0.4, -0.2) is 17.8 Å². The molecule has 0 aliphatic heterocycles. The molecule has 0 amide bonds. The molecule has 0 spiro atoms. The highest BCUT2D eigenvalue weighted by atomic mass is 19.1. The summed E-state index contributed by atoms with van der Waals surface area (Å²) in [4.78, 5) is 0. The molecule has 2 N–H and O–H groups in total. The van der Waals surface area contributed by atoms with Crippen LogP contribution in [0.3, 0.4) is 0 Å². The number of hydrogen-bond donors (Lipinski definition) is 2. The monoisotopic (exact) mass is 254 g/mol. The lowest BCUT2D eigenvalue weighted by atomic mass is 10.1. The Morgan fingerprint density at radius 3 is 2.50 bits per heavy atom. The molecule has 0 heterocycles. The van der Waals surface area contributed by atoms with Gasteiger partial charge < -0.3 is 10.4 Å². The standard InChI is InChI=1S/C13H16F2N2O/c1-2-3-10(18)7-17-8-11-12(14)4-9(6-16)5-13(11)15/h4-5,10,17-18H,2-3,7-8H2,1H3. The predicted octanol–water partition coefficient (Wildman–Crippen LogP) is 2.09. The quantitative estimate of drug-likeness (QED) is 0.817. The van der Waals surface area contributed by atoms with Gasteiger partial charge in [-0.15, -0.1) is 0 Å². The van der Waals surface area contributed by atoms with Gasteiger partial charge in [0.2, 0.25) is 0 Å². The van der Waals surface area contributed by atoms with Crippen LogP contribution in [0.25, 0.3) is 0 Å². The zero-order valence-corrected chi connectivity index (χ0v) is 10.2. The lowest BCUT2D eigenvalue weighted by Crippen LogP contribution is -2.27.